The number of nitrogens with one attached hydrogen (secondary N) is 1. The summed E-state index contributed by atoms with van der Waals surface area (Å²) in [6.45, 7) is 1.98. The average molecular weight is 244 g/mol. The van der Waals surface area contributed by atoms with Crippen LogP contribution in [-0.2, 0) is 0 Å². The Kier molecular flexibility index (Phi) is 4.58. The lowest BCUT2D eigenvalue weighted by Gasteiger charge is -2.10. The van der Waals surface area contributed by atoms with E-state index in [0.717, 1.165) is 0 Å². The summed E-state index contributed by atoms with van der Waals surface area (Å²) in [6, 6.07) is 4.25. The van der Waals surface area contributed by atoms with Gasteiger partial charge in [-0.3, -0.25) is 4.79 Å². The zero-order chi connectivity index (χ0) is 12.1. The van der Waals surface area contributed by atoms with Crippen LogP contribution in [0.25, 0.3) is 0 Å². The first-order valence-electron chi connectivity index (χ1n) is 4.99. The summed E-state index contributed by atoms with van der Waals surface area (Å²) in [5.41, 5.74) is 0.146. The molecule has 1 rings (SSSR count). The fourth-order valence-corrected chi connectivity index (χ4v) is 1.31. The zero-order valence-electron chi connectivity index (χ0n) is 8.90. The van der Waals surface area contributed by atoms with Crippen molar-refractivity contribution in [2.45, 2.75) is 19.4 Å². The highest BCUT2D eigenvalue weighted by Crippen LogP contribution is 2.21. The Balaban J connectivity index is 2.66. The van der Waals surface area contributed by atoms with Crippen LogP contribution in [-0.4, -0.2) is 28.8 Å². The van der Waals surface area contributed by atoms with Crippen LogP contribution in [0.5, 0.6) is 5.75 Å². The Morgan fingerprint density at radius 3 is 2.81 bits per heavy atom. The third-order valence-corrected chi connectivity index (χ3v) is 2.41. The van der Waals surface area contributed by atoms with Crippen molar-refractivity contribution in [3.63, 3.8) is 0 Å². The maximum atomic E-state index is 11.6. The minimum Gasteiger partial charge on any atom is -0.507 e. The summed E-state index contributed by atoms with van der Waals surface area (Å²) >= 11 is 5.64. The third kappa shape index (κ3) is 3.40. The Hall–Kier alpha value is -1.26. The van der Waals surface area contributed by atoms with Crippen molar-refractivity contribution in [2.24, 2.45) is 0 Å². The fourth-order valence-electron chi connectivity index (χ4n) is 1.15. The van der Waals surface area contributed by atoms with E-state index in [2.05, 4.69) is 5.32 Å². The van der Waals surface area contributed by atoms with Crippen LogP contribution in [0.3, 0.4) is 0 Å². The van der Waals surface area contributed by atoms with Gasteiger partial charge in [0.15, 0.2) is 0 Å². The van der Waals surface area contributed by atoms with E-state index in [1.807, 2.05) is 6.92 Å². The van der Waals surface area contributed by atoms with Gasteiger partial charge in [0.1, 0.15) is 5.75 Å². The van der Waals surface area contributed by atoms with Crippen molar-refractivity contribution in [1.29, 1.82) is 0 Å². The molecule has 0 aliphatic carbocycles. The molecule has 3 N–H and O–H groups in total. The highest BCUT2D eigenvalue weighted by Gasteiger charge is 2.12. The highest BCUT2D eigenvalue weighted by molar-refractivity contribution is 6.30. The smallest absolute Gasteiger partial charge is 0.255 e. The van der Waals surface area contributed by atoms with Crippen LogP contribution in [0, 0.1) is 0 Å². The largest absolute Gasteiger partial charge is 0.507 e. The number of hydrogen-bond donors (Lipinski definition) is 3. The first-order chi connectivity index (χ1) is 7.54. The van der Waals surface area contributed by atoms with Crippen molar-refractivity contribution >= 4 is 17.5 Å². The molecular weight excluding hydrogens is 230 g/mol. The number of aliphatic hydroxyl groups excluding tert-OH is 1. The van der Waals surface area contributed by atoms with Crippen molar-refractivity contribution in [1.82, 2.24) is 5.32 Å². The van der Waals surface area contributed by atoms with Gasteiger partial charge < -0.3 is 15.5 Å². The number of benzene rings is 1. The van der Waals surface area contributed by atoms with Crippen LogP contribution in [0.2, 0.25) is 5.02 Å². The molecule has 1 amide bonds. The normalized spacial score (nSPS) is 12.2. The van der Waals surface area contributed by atoms with Crippen LogP contribution in [0.1, 0.15) is 23.7 Å². The molecule has 1 unspecified atom stereocenters. The lowest BCUT2D eigenvalue weighted by atomic mass is 10.2. The number of rotatable bonds is 4. The van der Waals surface area contributed by atoms with Crippen molar-refractivity contribution < 1.29 is 15.0 Å². The maximum Gasteiger partial charge on any atom is 0.255 e. The summed E-state index contributed by atoms with van der Waals surface area (Å²) < 4.78 is 0. The SMILES string of the molecule is CCC(O)CNC(=O)c1ccc(Cl)cc1O. The van der Waals surface area contributed by atoms with Crippen molar-refractivity contribution in [2.75, 3.05) is 6.54 Å². The van der Waals surface area contributed by atoms with E-state index in [4.69, 9.17) is 11.6 Å². The Labute approximate surface area is 98.9 Å². The monoisotopic (exact) mass is 243 g/mol. The summed E-state index contributed by atoms with van der Waals surface area (Å²) in [4.78, 5) is 11.6. The van der Waals surface area contributed by atoms with E-state index in [1.165, 1.54) is 18.2 Å². The summed E-state index contributed by atoms with van der Waals surface area (Å²) in [5.74, 6) is -0.599. The quantitative estimate of drug-likeness (QED) is 0.752. The van der Waals surface area contributed by atoms with E-state index < -0.39 is 12.0 Å². The molecule has 0 bridgehead atoms. The molecule has 0 aliphatic rings. The standard InChI is InChI=1S/C11H14ClNO3/c1-2-8(14)6-13-11(16)9-4-3-7(12)5-10(9)15/h3-5,8,14-15H,2,6H2,1H3,(H,13,16). The average Bonchev–Trinajstić information content (AvgIpc) is 2.25. The second kappa shape index (κ2) is 5.72. The number of phenolic OH excluding ortho intramolecular Hbond substituents is 1. The van der Waals surface area contributed by atoms with Crippen LogP contribution in [0.4, 0.5) is 0 Å². The minimum atomic E-state index is -0.571. The zero-order valence-corrected chi connectivity index (χ0v) is 9.66. The molecule has 1 atom stereocenters. The molecule has 0 fully saturated rings. The Bertz CT molecular complexity index is 381. The highest BCUT2D eigenvalue weighted by atomic mass is 35.5. The molecule has 1 aromatic rings. The van der Waals surface area contributed by atoms with Gasteiger partial charge >= 0.3 is 0 Å². The third-order valence-electron chi connectivity index (χ3n) is 2.17. The topological polar surface area (TPSA) is 69.6 Å². The van der Waals surface area contributed by atoms with Gasteiger partial charge in [0, 0.05) is 11.6 Å². The molecule has 4 nitrogen and oxygen atoms in total. The van der Waals surface area contributed by atoms with Gasteiger partial charge in [0.05, 0.1) is 11.7 Å². The van der Waals surface area contributed by atoms with Gasteiger partial charge in [0.2, 0.25) is 0 Å². The predicted molar refractivity (Wildman–Crippen MR) is 61.7 cm³/mol. The second-order valence-corrected chi connectivity index (χ2v) is 3.87. The van der Waals surface area contributed by atoms with E-state index in [1.54, 1.807) is 0 Å². The van der Waals surface area contributed by atoms with E-state index >= 15 is 0 Å². The lowest BCUT2D eigenvalue weighted by molar-refractivity contribution is 0.0911. The summed E-state index contributed by atoms with van der Waals surface area (Å²) in [5, 5.41) is 21.6. The van der Waals surface area contributed by atoms with Crippen LogP contribution >= 0.6 is 11.6 Å². The molecule has 0 aliphatic heterocycles. The molecule has 16 heavy (non-hydrogen) atoms. The number of carbonyl (C=O) groups excluding carboxylic acids is 1. The molecule has 0 heterocycles. The first kappa shape index (κ1) is 12.8. The van der Waals surface area contributed by atoms with Crippen LogP contribution in [0.15, 0.2) is 18.2 Å². The second-order valence-electron chi connectivity index (χ2n) is 3.43. The molecular formula is C11H14ClNO3. The van der Waals surface area contributed by atoms with E-state index in [9.17, 15) is 15.0 Å². The number of phenols is 1. The molecule has 88 valence electrons. The molecule has 0 aromatic heterocycles. The number of hydrogen-bond acceptors (Lipinski definition) is 3. The first-order valence-corrected chi connectivity index (χ1v) is 5.37. The molecule has 5 heteroatoms. The number of aliphatic hydroxyl groups is 1. The van der Waals surface area contributed by atoms with Gasteiger partial charge in [-0.25, -0.2) is 0 Å². The van der Waals surface area contributed by atoms with E-state index in [0.29, 0.717) is 11.4 Å². The number of amides is 1. The number of aromatic hydroxyl groups is 1. The van der Waals surface area contributed by atoms with Gasteiger partial charge in [0.25, 0.3) is 5.91 Å². The van der Waals surface area contributed by atoms with Gasteiger partial charge in [-0.2, -0.15) is 0 Å². The van der Waals surface area contributed by atoms with Crippen molar-refractivity contribution in [3.05, 3.63) is 28.8 Å². The maximum absolute atomic E-state index is 11.6. The fraction of sp³-hybridized carbons (Fsp3) is 0.364. The predicted octanol–water partition coefficient (Wildman–Crippen LogP) is 1.55. The minimum absolute atomic E-state index is 0.146. The number of halogens is 1. The molecule has 0 spiro atoms. The van der Waals surface area contributed by atoms with Gasteiger partial charge in [-0.05, 0) is 24.6 Å². The number of carbonyl (C=O) groups is 1. The van der Waals surface area contributed by atoms with Crippen LogP contribution < -0.4 is 5.32 Å². The van der Waals surface area contributed by atoms with Gasteiger partial charge in [-0.1, -0.05) is 18.5 Å². The summed E-state index contributed by atoms with van der Waals surface area (Å²) in [7, 11) is 0. The molecule has 0 radical (unpaired) electrons. The Morgan fingerprint density at radius 1 is 1.56 bits per heavy atom. The Morgan fingerprint density at radius 2 is 2.25 bits per heavy atom. The van der Waals surface area contributed by atoms with E-state index in [-0.39, 0.29) is 17.9 Å². The molecule has 1 aromatic carbocycles. The van der Waals surface area contributed by atoms with Crippen molar-refractivity contribution in [3.8, 4) is 5.75 Å². The van der Waals surface area contributed by atoms with Gasteiger partial charge in [-0.15, -0.1) is 0 Å². The summed E-state index contributed by atoms with van der Waals surface area (Å²) in [6.07, 6.45) is -0.00855. The molecule has 0 saturated carbocycles. The molecule has 0 saturated heterocycles. The lowest BCUT2D eigenvalue weighted by Crippen LogP contribution is -2.31.